The monoisotopic (exact) mass is 313 g/mol. The molecule has 0 spiro atoms. The van der Waals surface area contributed by atoms with E-state index in [1.165, 1.54) is 14.2 Å². The molecule has 2 aromatic rings. The lowest BCUT2D eigenvalue weighted by Crippen LogP contribution is -2.06. The molecule has 1 atom stereocenters. The van der Waals surface area contributed by atoms with Gasteiger partial charge >= 0.3 is 0 Å². The molecular weight excluding hydrogens is 298 g/mol. The van der Waals surface area contributed by atoms with Crippen molar-refractivity contribution in [3.05, 3.63) is 23.0 Å². The molecule has 3 N–H and O–H groups in total. The predicted octanol–water partition coefficient (Wildman–Crippen LogP) is 1.79. The first-order valence-electron chi connectivity index (χ1n) is 6.24. The van der Waals surface area contributed by atoms with Gasteiger partial charge in [0.05, 0.1) is 19.2 Å². The van der Waals surface area contributed by atoms with Crippen molar-refractivity contribution in [1.82, 2.24) is 10.1 Å². The standard InChI is InChI=1S/C13H16ClN3O4/c1-19-10-6-7(5-8(14)11(10)20-2)12-16-13(21-17-12)9(18)3-4-15/h5-6,9,18H,3-4,15H2,1-2H3/t9-/m0/s1. The highest BCUT2D eigenvalue weighted by Gasteiger charge is 2.19. The summed E-state index contributed by atoms with van der Waals surface area (Å²) in [6, 6.07) is 3.31. The van der Waals surface area contributed by atoms with Crippen LogP contribution in [0.25, 0.3) is 11.4 Å². The van der Waals surface area contributed by atoms with Gasteiger partial charge < -0.3 is 24.8 Å². The van der Waals surface area contributed by atoms with Gasteiger partial charge in [-0.15, -0.1) is 0 Å². The number of nitrogens with zero attached hydrogens (tertiary/aromatic N) is 2. The normalized spacial score (nSPS) is 12.2. The van der Waals surface area contributed by atoms with Gasteiger partial charge in [-0.1, -0.05) is 16.8 Å². The molecule has 1 aromatic carbocycles. The molecule has 0 amide bonds. The number of benzene rings is 1. The first kappa shape index (κ1) is 15.6. The lowest BCUT2D eigenvalue weighted by molar-refractivity contribution is 0.127. The van der Waals surface area contributed by atoms with E-state index in [0.29, 0.717) is 40.9 Å². The number of halogens is 1. The number of hydrogen-bond donors (Lipinski definition) is 2. The molecule has 0 saturated heterocycles. The molecular formula is C13H16ClN3O4. The minimum absolute atomic E-state index is 0.112. The van der Waals surface area contributed by atoms with Gasteiger partial charge in [0.15, 0.2) is 11.5 Å². The van der Waals surface area contributed by atoms with Gasteiger partial charge in [-0.3, -0.25) is 0 Å². The Balaban J connectivity index is 2.36. The molecule has 0 radical (unpaired) electrons. The van der Waals surface area contributed by atoms with E-state index in [9.17, 15) is 5.11 Å². The Kier molecular flexibility index (Phi) is 5.00. The Morgan fingerprint density at radius 3 is 2.76 bits per heavy atom. The highest BCUT2D eigenvalue weighted by Crippen LogP contribution is 2.38. The van der Waals surface area contributed by atoms with Crippen molar-refractivity contribution in [1.29, 1.82) is 0 Å². The summed E-state index contributed by atoms with van der Waals surface area (Å²) in [5, 5.41) is 14.0. The van der Waals surface area contributed by atoms with Crippen molar-refractivity contribution in [2.24, 2.45) is 5.73 Å². The van der Waals surface area contributed by atoms with Gasteiger partial charge in [-0.25, -0.2) is 0 Å². The summed E-state index contributed by atoms with van der Waals surface area (Å²) in [4.78, 5) is 4.13. The molecule has 114 valence electrons. The number of rotatable bonds is 6. The SMILES string of the molecule is COc1cc(-c2noc([C@@H](O)CCN)n2)cc(Cl)c1OC. The smallest absolute Gasteiger partial charge is 0.255 e. The summed E-state index contributed by atoms with van der Waals surface area (Å²) in [5.74, 6) is 1.29. The third-order valence-corrected chi connectivity index (χ3v) is 3.14. The largest absolute Gasteiger partial charge is 0.493 e. The van der Waals surface area contributed by atoms with E-state index in [-0.39, 0.29) is 5.89 Å². The number of aliphatic hydroxyl groups is 1. The van der Waals surface area contributed by atoms with E-state index in [0.717, 1.165) is 0 Å². The average Bonchev–Trinajstić information content (AvgIpc) is 2.96. The van der Waals surface area contributed by atoms with Crippen LogP contribution in [-0.4, -0.2) is 36.0 Å². The Bertz CT molecular complexity index is 617. The highest BCUT2D eigenvalue weighted by molar-refractivity contribution is 6.32. The maximum Gasteiger partial charge on any atom is 0.255 e. The van der Waals surface area contributed by atoms with Gasteiger partial charge in [0.1, 0.15) is 6.10 Å². The fourth-order valence-electron chi connectivity index (χ4n) is 1.82. The van der Waals surface area contributed by atoms with Crippen molar-refractivity contribution in [2.45, 2.75) is 12.5 Å². The molecule has 0 bridgehead atoms. The number of aliphatic hydroxyl groups excluding tert-OH is 1. The number of ether oxygens (including phenoxy) is 2. The van der Waals surface area contributed by atoms with Crippen LogP contribution in [0.3, 0.4) is 0 Å². The maximum absolute atomic E-state index is 9.77. The van der Waals surface area contributed by atoms with E-state index < -0.39 is 6.10 Å². The molecule has 1 heterocycles. The molecule has 0 aliphatic heterocycles. The summed E-state index contributed by atoms with van der Waals surface area (Å²) in [6.07, 6.45) is -0.541. The average molecular weight is 314 g/mol. The molecule has 8 heteroatoms. The van der Waals surface area contributed by atoms with Gasteiger partial charge in [-0.2, -0.15) is 4.98 Å². The zero-order chi connectivity index (χ0) is 15.4. The maximum atomic E-state index is 9.77. The van der Waals surface area contributed by atoms with Crippen molar-refractivity contribution in [2.75, 3.05) is 20.8 Å². The quantitative estimate of drug-likeness (QED) is 0.837. The van der Waals surface area contributed by atoms with Crippen LogP contribution >= 0.6 is 11.6 Å². The second-order valence-electron chi connectivity index (χ2n) is 4.24. The Morgan fingerprint density at radius 2 is 2.14 bits per heavy atom. The fourth-order valence-corrected chi connectivity index (χ4v) is 2.10. The molecule has 2 rings (SSSR count). The van der Waals surface area contributed by atoms with Crippen LogP contribution in [0.2, 0.25) is 5.02 Å². The summed E-state index contributed by atoms with van der Waals surface area (Å²) < 4.78 is 15.4. The molecule has 7 nitrogen and oxygen atoms in total. The van der Waals surface area contributed by atoms with Crippen molar-refractivity contribution in [3.63, 3.8) is 0 Å². The van der Waals surface area contributed by atoms with Crippen LogP contribution in [0.4, 0.5) is 0 Å². The van der Waals surface area contributed by atoms with Crippen LogP contribution in [0.5, 0.6) is 11.5 Å². The highest BCUT2D eigenvalue weighted by atomic mass is 35.5. The topological polar surface area (TPSA) is 104 Å². The van der Waals surface area contributed by atoms with Crippen molar-refractivity contribution < 1.29 is 19.1 Å². The Labute approximate surface area is 126 Å². The number of methoxy groups -OCH3 is 2. The van der Waals surface area contributed by atoms with Crippen LogP contribution in [-0.2, 0) is 0 Å². The van der Waals surface area contributed by atoms with Gasteiger partial charge in [0.25, 0.3) is 5.89 Å². The van der Waals surface area contributed by atoms with Crippen molar-refractivity contribution >= 4 is 11.6 Å². The van der Waals surface area contributed by atoms with E-state index in [4.69, 9.17) is 31.3 Å². The first-order valence-corrected chi connectivity index (χ1v) is 6.62. The Hall–Kier alpha value is -1.83. The number of aromatic nitrogens is 2. The summed E-state index contributed by atoms with van der Waals surface area (Å²) >= 11 is 6.13. The molecule has 0 aliphatic carbocycles. The van der Waals surface area contributed by atoms with Crippen LogP contribution in [0, 0.1) is 0 Å². The first-order chi connectivity index (χ1) is 10.1. The fraction of sp³-hybridized carbons (Fsp3) is 0.385. The minimum atomic E-state index is -0.883. The summed E-state index contributed by atoms with van der Waals surface area (Å²) in [7, 11) is 3.00. The zero-order valence-electron chi connectivity index (χ0n) is 11.7. The molecule has 21 heavy (non-hydrogen) atoms. The third kappa shape index (κ3) is 3.26. The number of nitrogens with two attached hydrogens (primary N) is 1. The van der Waals surface area contributed by atoms with Crippen LogP contribution in [0.1, 0.15) is 18.4 Å². The van der Waals surface area contributed by atoms with Gasteiger partial charge in [0.2, 0.25) is 5.82 Å². The van der Waals surface area contributed by atoms with E-state index in [1.54, 1.807) is 12.1 Å². The van der Waals surface area contributed by atoms with Crippen LogP contribution < -0.4 is 15.2 Å². The second kappa shape index (κ2) is 6.75. The summed E-state index contributed by atoms with van der Waals surface area (Å²) in [6.45, 7) is 0.321. The second-order valence-corrected chi connectivity index (χ2v) is 4.65. The third-order valence-electron chi connectivity index (χ3n) is 2.86. The zero-order valence-corrected chi connectivity index (χ0v) is 12.4. The molecule has 1 aromatic heterocycles. The lowest BCUT2D eigenvalue weighted by atomic mass is 10.2. The number of hydrogen-bond acceptors (Lipinski definition) is 7. The van der Waals surface area contributed by atoms with Crippen molar-refractivity contribution in [3.8, 4) is 22.9 Å². The molecule has 0 aliphatic rings. The lowest BCUT2D eigenvalue weighted by Gasteiger charge is -2.10. The summed E-state index contributed by atoms with van der Waals surface area (Å²) in [5.41, 5.74) is 5.97. The van der Waals surface area contributed by atoms with Crippen LogP contribution in [0.15, 0.2) is 16.7 Å². The Morgan fingerprint density at radius 1 is 1.38 bits per heavy atom. The molecule has 0 saturated carbocycles. The van der Waals surface area contributed by atoms with E-state index in [1.807, 2.05) is 0 Å². The van der Waals surface area contributed by atoms with E-state index >= 15 is 0 Å². The predicted molar refractivity (Wildman–Crippen MR) is 76.5 cm³/mol. The molecule has 0 unspecified atom stereocenters. The van der Waals surface area contributed by atoms with E-state index in [2.05, 4.69) is 10.1 Å². The van der Waals surface area contributed by atoms with Gasteiger partial charge in [-0.05, 0) is 25.1 Å². The molecule has 0 fully saturated rings. The van der Waals surface area contributed by atoms with Gasteiger partial charge in [0, 0.05) is 5.56 Å². The minimum Gasteiger partial charge on any atom is -0.493 e.